The van der Waals surface area contributed by atoms with E-state index < -0.39 is 6.10 Å². The number of hydrogen-bond acceptors (Lipinski definition) is 4. The summed E-state index contributed by atoms with van der Waals surface area (Å²) < 4.78 is 6.42. The van der Waals surface area contributed by atoms with Gasteiger partial charge in [-0.3, -0.25) is 4.79 Å². The number of benzene rings is 1. The van der Waals surface area contributed by atoms with Gasteiger partial charge in [0.1, 0.15) is 18.5 Å². The van der Waals surface area contributed by atoms with Gasteiger partial charge in [-0.25, -0.2) is 0 Å². The second-order valence-corrected chi connectivity index (χ2v) is 6.25. The van der Waals surface area contributed by atoms with Crippen LogP contribution in [0.2, 0.25) is 0 Å². The first-order chi connectivity index (χ1) is 10.0. The summed E-state index contributed by atoms with van der Waals surface area (Å²) in [5, 5.41) is 15.8. The van der Waals surface area contributed by atoms with E-state index in [1.165, 1.54) is 0 Å². The monoisotopic (exact) mass is 356 g/mol. The summed E-state index contributed by atoms with van der Waals surface area (Å²) in [5.74, 6) is 0.681. The van der Waals surface area contributed by atoms with E-state index in [9.17, 15) is 9.90 Å². The van der Waals surface area contributed by atoms with Gasteiger partial charge in [0.25, 0.3) is 0 Å². The number of amides is 1. The lowest BCUT2D eigenvalue weighted by molar-refractivity contribution is -0.123. The lowest BCUT2D eigenvalue weighted by Gasteiger charge is -2.17. The molecule has 0 heterocycles. The van der Waals surface area contributed by atoms with Crippen LogP contribution in [0.25, 0.3) is 0 Å². The van der Waals surface area contributed by atoms with Crippen LogP contribution in [0.1, 0.15) is 19.8 Å². The van der Waals surface area contributed by atoms with Crippen molar-refractivity contribution in [3.8, 4) is 5.75 Å². The number of aliphatic hydroxyl groups excluding tert-OH is 1. The Balaban J connectivity index is 1.64. The molecule has 5 nitrogen and oxygen atoms in total. The standard InChI is InChI=1S/C15H21BrN2O3/c1-10(15(20)18-12-5-6-12)17-8-13(19)9-21-14-4-2-3-11(16)7-14/h2-4,7,10,12-13,17,19H,5-6,8-9H2,1H3,(H,18,20). The van der Waals surface area contributed by atoms with E-state index in [-0.39, 0.29) is 18.6 Å². The summed E-state index contributed by atoms with van der Waals surface area (Å²) in [4.78, 5) is 11.7. The Morgan fingerprint density at radius 3 is 2.95 bits per heavy atom. The van der Waals surface area contributed by atoms with E-state index in [0.717, 1.165) is 17.3 Å². The maximum absolute atomic E-state index is 11.7. The van der Waals surface area contributed by atoms with Crippen LogP contribution in [0.3, 0.4) is 0 Å². The molecule has 3 N–H and O–H groups in total. The van der Waals surface area contributed by atoms with Crippen molar-refractivity contribution in [3.05, 3.63) is 28.7 Å². The Morgan fingerprint density at radius 1 is 1.52 bits per heavy atom. The van der Waals surface area contributed by atoms with Crippen LogP contribution < -0.4 is 15.4 Å². The summed E-state index contributed by atoms with van der Waals surface area (Å²) in [7, 11) is 0. The second-order valence-electron chi connectivity index (χ2n) is 5.34. The third-order valence-electron chi connectivity index (χ3n) is 3.22. The highest BCUT2D eigenvalue weighted by Gasteiger charge is 2.25. The van der Waals surface area contributed by atoms with E-state index in [1.807, 2.05) is 24.3 Å². The first-order valence-electron chi connectivity index (χ1n) is 7.15. The maximum atomic E-state index is 11.7. The molecule has 0 aromatic heterocycles. The van der Waals surface area contributed by atoms with Crippen molar-refractivity contribution in [2.45, 2.75) is 38.0 Å². The van der Waals surface area contributed by atoms with Gasteiger partial charge in [-0.15, -0.1) is 0 Å². The molecule has 1 amide bonds. The highest BCUT2D eigenvalue weighted by molar-refractivity contribution is 9.10. The van der Waals surface area contributed by atoms with Gasteiger partial charge in [-0.1, -0.05) is 22.0 Å². The van der Waals surface area contributed by atoms with Gasteiger partial charge in [-0.05, 0) is 38.0 Å². The van der Waals surface area contributed by atoms with Crippen molar-refractivity contribution in [2.24, 2.45) is 0 Å². The van der Waals surface area contributed by atoms with Crippen LogP contribution in [0.4, 0.5) is 0 Å². The molecule has 0 aliphatic heterocycles. The predicted octanol–water partition coefficient (Wildman–Crippen LogP) is 1.45. The Morgan fingerprint density at radius 2 is 2.29 bits per heavy atom. The average molecular weight is 357 g/mol. The largest absolute Gasteiger partial charge is 0.491 e. The van der Waals surface area contributed by atoms with Gasteiger partial charge in [0.2, 0.25) is 5.91 Å². The van der Waals surface area contributed by atoms with Crippen LogP contribution in [0.5, 0.6) is 5.75 Å². The first-order valence-corrected chi connectivity index (χ1v) is 7.94. The Bertz CT molecular complexity index is 480. The first kappa shape index (κ1) is 16.3. The minimum atomic E-state index is -0.667. The van der Waals surface area contributed by atoms with Crippen LogP contribution in [0, 0.1) is 0 Å². The van der Waals surface area contributed by atoms with E-state index in [0.29, 0.717) is 18.3 Å². The number of nitrogens with one attached hydrogen (secondary N) is 2. The van der Waals surface area contributed by atoms with Gasteiger partial charge in [-0.2, -0.15) is 0 Å². The van der Waals surface area contributed by atoms with E-state index >= 15 is 0 Å². The fourth-order valence-electron chi connectivity index (χ4n) is 1.77. The molecule has 1 saturated carbocycles. The number of aliphatic hydroxyl groups is 1. The quantitative estimate of drug-likeness (QED) is 0.659. The molecule has 6 heteroatoms. The van der Waals surface area contributed by atoms with Gasteiger partial charge in [0.05, 0.1) is 6.04 Å². The van der Waals surface area contributed by atoms with Crippen molar-refractivity contribution in [2.75, 3.05) is 13.2 Å². The molecule has 21 heavy (non-hydrogen) atoms. The van der Waals surface area contributed by atoms with Crippen molar-refractivity contribution in [1.29, 1.82) is 0 Å². The molecular formula is C15H21BrN2O3. The number of rotatable bonds is 8. The summed E-state index contributed by atoms with van der Waals surface area (Å²) in [6.07, 6.45) is 1.48. The van der Waals surface area contributed by atoms with E-state index in [2.05, 4.69) is 26.6 Å². The van der Waals surface area contributed by atoms with E-state index in [1.54, 1.807) is 6.92 Å². The number of hydrogen-bond donors (Lipinski definition) is 3. The fraction of sp³-hybridized carbons (Fsp3) is 0.533. The Kier molecular flexibility index (Phi) is 6.02. The van der Waals surface area contributed by atoms with Gasteiger partial charge >= 0.3 is 0 Å². The molecule has 2 rings (SSSR count). The molecule has 116 valence electrons. The molecule has 0 saturated heterocycles. The minimum Gasteiger partial charge on any atom is -0.491 e. The summed E-state index contributed by atoms with van der Waals surface area (Å²) in [6.45, 7) is 2.28. The van der Waals surface area contributed by atoms with Crippen molar-refractivity contribution in [1.82, 2.24) is 10.6 Å². The minimum absolute atomic E-state index is 0.0161. The molecule has 1 aromatic rings. The molecule has 1 aromatic carbocycles. The molecule has 2 atom stereocenters. The van der Waals surface area contributed by atoms with Crippen LogP contribution in [0.15, 0.2) is 28.7 Å². The highest BCUT2D eigenvalue weighted by Crippen LogP contribution is 2.19. The second kappa shape index (κ2) is 7.77. The molecule has 1 aliphatic rings. The highest BCUT2D eigenvalue weighted by atomic mass is 79.9. The van der Waals surface area contributed by atoms with Gasteiger partial charge in [0.15, 0.2) is 0 Å². The zero-order valence-corrected chi connectivity index (χ0v) is 13.6. The van der Waals surface area contributed by atoms with Crippen LogP contribution in [-0.4, -0.2) is 42.4 Å². The zero-order chi connectivity index (χ0) is 15.2. The topological polar surface area (TPSA) is 70.6 Å². The predicted molar refractivity (Wildman–Crippen MR) is 84.3 cm³/mol. The Labute approximate surface area is 133 Å². The molecule has 1 aliphatic carbocycles. The average Bonchev–Trinajstić information content (AvgIpc) is 3.26. The Hall–Kier alpha value is -1.11. The van der Waals surface area contributed by atoms with Crippen molar-refractivity contribution in [3.63, 3.8) is 0 Å². The SMILES string of the molecule is CC(NCC(O)COc1cccc(Br)c1)C(=O)NC1CC1. The van der Waals surface area contributed by atoms with Crippen molar-refractivity contribution >= 4 is 21.8 Å². The van der Waals surface area contributed by atoms with E-state index in [4.69, 9.17) is 4.74 Å². The summed E-state index contributed by atoms with van der Waals surface area (Å²) in [6, 6.07) is 7.49. The lowest BCUT2D eigenvalue weighted by atomic mass is 10.2. The van der Waals surface area contributed by atoms with Crippen LogP contribution >= 0.6 is 15.9 Å². The molecule has 2 unspecified atom stereocenters. The molecular weight excluding hydrogens is 336 g/mol. The lowest BCUT2D eigenvalue weighted by Crippen LogP contribution is -2.46. The number of halogens is 1. The third-order valence-corrected chi connectivity index (χ3v) is 3.71. The molecule has 1 fully saturated rings. The fourth-order valence-corrected chi connectivity index (χ4v) is 2.15. The maximum Gasteiger partial charge on any atom is 0.237 e. The van der Waals surface area contributed by atoms with Crippen LogP contribution in [-0.2, 0) is 4.79 Å². The summed E-state index contributed by atoms with van der Waals surface area (Å²) >= 11 is 3.36. The molecule has 0 bridgehead atoms. The third kappa shape index (κ3) is 6.03. The smallest absolute Gasteiger partial charge is 0.237 e. The summed E-state index contributed by atoms with van der Waals surface area (Å²) in [5.41, 5.74) is 0. The van der Waals surface area contributed by atoms with Crippen molar-refractivity contribution < 1.29 is 14.6 Å². The zero-order valence-electron chi connectivity index (χ0n) is 12.0. The number of carbonyl (C=O) groups excluding carboxylic acids is 1. The van der Waals surface area contributed by atoms with Gasteiger partial charge in [0, 0.05) is 17.1 Å². The normalized spacial score (nSPS) is 17.1. The number of carbonyl (C=O) groups is 1. The molecule has 0 spiro atoms. The van der Waals surface area contributed by atoms with Gasteiger partial charge < -0.3 is 20.5 Å². The molecule has 0 radical (unpaired) electrons. The number of ether oxygens (including phenoxy) is 1.